The van der Waals surface area contributed by atoms with Crippen LogP contribution in [0.25, 0.3) is 0 Å². The summed E-state index contributed by atoms with van der Waals surface area (Å²) in [4.78, 5) is 16.6. The van der Waals surface area contributed by atoms with Crippen molar-refractivity contribution in [3.8, 4) is 0 Å². The van der Waals surface area contributed by atoms with E-state index in [4.69, 9.17) is 41.9 Å². The van der Waals surface area contributed by atoms with Crippen LogP contribution in [-0.2, 0) is 23.7 Å². The average Bonchev–Trinajstić information content (AvgIpc) is 2.96. The highest BCUT2D eigenvalue weighted by molar-refractivity contribution is 5.80. The standard InChI is InChI=1S/C24H46N6O13/c1-7(26)29-5-11-15(34)17(36)18(37)24(40-11)42-20-8(27)4-9(30-22(39)10(32)2-3-25)21(19(20)38)43-23-16(35)13(28)14(33)12(6-31)41-23/h8-21,23-24,31-38H,2-6,25,27-28H2,1H3,(H2,26,29)(H,30,39). The normalized spacial score (nSPS) is 45.0. The van der Waals surface area contributed by atoms with Gasteiger partial charge in [0.05, 0.1) is 31.1 Å². The summed E-state index contributed by atoms with van der Waals surface area (Å²) in [5, 5.41) is 85.8. The summed E-state index contributed by atoms with van der Waals surface area (Å²) in [6.07, 6.45) is -20.2. The second-order valence-corrected chi connectivity index (χ2v) is 11.1. The van der Waals surface area contributed by atoms with Gasteiger partial charge in [-0.05, 0) is 26.3 Å². The lowest BCUT2D eigenvalue weighted by Crippen LogP contribution is -2.69. The van der Waals surface area contributed by atoms with Gasteiger partial charge in [-0.15, -0.1) is 0 Å². The molecular weight excluding hydrogens is 580 g/mol. The summed E-state index contributed by atoms with van der Waals surface area (Å²) in [5.74, 6) is -0.680. The number of aliphatic imine (C=N–C) groups is 1. The van der Waals surface area contributed by atoms with Gasteiger partial charge in [0.1, 0.15) is 67.1 Å². The Bertz CT molecular complexity index is 932. The first-order valence-corrected chi connectivity index (χ1v) is 14.0. The molecule has 3 fully saturated rings. The molecule has 0 radical (unpaired) electrons. The number of carbonyl (C=O) groups is 1. The van der Waals surface area contributed by atoms with Crippen molar-refractivity contribution in [3.63, 3.8) is 0 Å². The first-order chi connectivity index (χ1) is 20.2. The van der Waals surface area contributed by atoms with Crippen molar-refractivity contribution in [3.05, 3.63) is 0 Å². The van der Waals surface area contributed by atoms with Crippen LogP contribution >= 0.6 is 0 Å². The van der Waals surface area contributed by atoms with Gasteiger partial charge in [-0.3, -0.25) is 9.79 Å². The molecule has 16 unspecified atom stereocenters. The molecule has 1 amide bonds. The molecule has 17 N–H and O–H groups in total. The smallest absolute Gasteiger partial charge is 0.249 e. The Balaban J connectivity index is 1.86. The molecule has 3 rings (SSSR count). The predicted molar refractivity (Wildman–Crippen MR) is 145 cm³/mol. The highest BCUT2D eigenvalue weighted by Crippen LogP contribution is 2.32. The minimum absolute atomic E-state index is 0.00349. The Kier molecular flexibility index (Phi) is 13.0. The average molecular weight is 627 g/mol. The maximum atomic E-state index is 12.6. The van der Waals surface area contributed by atoms with Gasteiger partial charge in [-0.2, -0.15) is 0 Å². The van der Waals surface area contributed by atoms with E-state index in [0.717, 1.165) is 0 Å². The molecule has 43 heavy (non-hydrogen) atoms. The lowest BCUT2D eigenvalue weighted by molar-refractivity contribution is -0.332. The molecule has 0 aromatic rings. The van der Waals surface area contributed by atoms with Crippen LogP contribution in [0.15, 0.2) is 4.99 Å². The van der Waals surface area contributed by atoms with Crippen LogP contribution in [0.3, 0.4) is 0 Å². The summed E-state index contributed by atoms with van der Waals surface area (Å²) in [7, 11) is 0. The summed E-state index contributed by atoms with van der Waals surface area (Å²) < 4.78 is 22.8. The zero-order valence-electron chi connectivity index (χ0n) is 23.6. The number of hydrogen-bond donors (Lipinski definition) is 13. The summed E-state index contributed by atoms with van der Waals surface area (Å²) in [6, 6.07) is -3.50. The van der Waals surface area contributed by atoms with E-state index in [2.05, 4.69) is 10.3 Å². The van der Waals surface area contributed by atoms with E-state index in [0.29, 0.717) is 0 Å². The third kappa shape index (κ3) is 8.34. The molecule has 19 nitrogen and oxygen atoms in total. The molecule has 250 valence electrons. The number of amidine groups is 1. The molecule has 2 aliphatic heterocycles. The maximum Gasteiger partial charge on any atom is 0.249 e. The van der Waals surface area contributed by atoms with E-state index in [1.54, 1.807) is 0 Å². The number of amides is 1. The first-order valence-electron chi connectivity index (χ1n) is 14.0. The van der Waals surface area contributed by atoms with Gasteiger partial charge in [0.15, 0.2) is 12.6 Å². The fourth-order valence-corrected chi connectivity index (χ4v) is 5.26. The monoisotopic (exact) mass is 626 g/mol. The highest BCUT2D eigenvalue weighted by atomic mass is 16.7. The van der Waals surface area contributed by atoms with Crippen LogP contribution in [0.2, 0.25) is 0 Å². The van der Waals surface area contributed by atoms with Gasteiger partial charge < -0.3 is 88.1 Å². The fourth-order valence-electron chi connectivity index (χ4n) is 5.26. The number of rotatable bonds is 11. The third-order valence-corrected chi connectivity index (χ3v) is 7.80. The Hall–Kier alpha value is -1.66. The van der Waals surface area contributed by atoms with Gasteiger partial charge >= 0.3 is 0 Å². The number of aliphatic hydroxyl groups excluding tert-OH is 8. The van der Waals surface area contributed by atoms with Gasteiger partial charge in [0.25, 0.3) is 0 Å². The first kappa shape index (κ1) is 35.8. The third-order valence-electron chi connectivity index (χ3n) is 7.80. The van der Waals surface area contributed by atoms with Crippen LogP contribution < -0.4 is 28.3 Å². The Labute approximate surface area is 247 Å². The molecule has 0 aromatic carbocycles. The fraction of sp³-hybridized carbons (Fsp3) is 0.917. The van der Waals surface area contributed by atoms with E-state index >= 15 is 0 Å². The second kappa shape index (κ2) is 15.6. The van der Waals surface area contributed by atoms with Crippen LogP contribution in [0, 0.1) is 0 Å². The van der Waals surface area contributed by atoms with E-state index in [1.807, 2.05) is 0 Å². The SMILES string of the molecule is CC(N)=NCC1OC(OC2C(N)CC(NC(=O)C(O)CCN)C(OC3OC(CO)C(O)C(N)C3O)C2O)C(O)C(O)C1O. The Morgan fingerprint density at radius 3 is 2.14 bits per heavy atom. The number of ether oxygens (including phenoxy) is 4. The van der Waals surface area contributed by atoms with Gasteiger partial charge in [0, 0.05) is 6.04 Å². The van der Waals surface area contributed by atoms with Crippen LogP contribution in [0.1, 0.15) is 19.8 Å². The molecule has 3 aliphatic rings. The van der Waals surface area contributed by atoms with Crippen LogP contribution in [0.4, 0.5) is 0 Å². The van der Waals surface area contributed by atoms with E-state index in [-0.39, 0.29) is 31.8 Å². The molecule has 16 atom stereocenters. The lowest BCUT2D eigenvalue weighted by atomic mass is 9.83. The molecule has 2 heterocycles. The number of nitrogens with zero attached hydrogens (tertiary/aromatic N) is 1. The zero-order chi connectivity index (χ0) is 32.2. The molecule has 0 bridgehead atoms. The molecule has 0 aromatic heterocycles. The second-order valence-electron chi connectivity index (χ2n) is 11.1. The van der Waals surface area contributed by atoms with E-state index in [9.17, 15) is 45.6 Å². The van der Waals surface area contributed by atoms with Crippen molar-refractivity contribution in [2.75, 3.05) is 19.7 Å². The molecule has 1 saturated carbocycles. The van der Waals surface area contributed by atoms with Crippen LogP contribution in [-0.4, -0.2) is 170 Å². The minimum atomic E-state index is -1.79. The van der Waals surface area contributed by atoms with Crippen LogP contribution in [0.5, 0.6) is 0 Å². The molecule has 2 saturated heterocycles. The van der Waals surface area contributed by atoms with Gasteiger partial charge in [0.2, 0.25) is 5.91 Å². The van der Waals surface area contributed by atoms with Crippen molar-refractivity contribution < 1.29 is 64.6 Å². The Morgan fingerprint density at radius 1 is 0.930 bits per heavy atom. The number of nitrogens with two attached hydrogens (primary N) is 4. The topological polar surface area (TPSA) is 344 Å². The van der Waals surface area contributed by atoms with E-state index < -0.39 is 110 Å². The number of carbonyl (C=O) groups excluding carboxylic acids is 1. The van der Waals surface area contributed by atoms with Crippen molar-refractivity contribution in [1.29, 1.82) is 0 Å². The number of aliphatic hydroxyl groups is 8. The Morgan fingerprint density at radius 2 is 1.53 bits per heavy atom. The molecule has 1 aliphatic carbocycles. The van der Waals surface area contributed by atoms with Crippen molar-refractivity contribution in [2.45, 2.75) is 118 Å². The van der Waals surface area contributed by atoms with E-state index in [1.165, 1.54) is 6.92 Å². The molecular formula is C24H46N6O13. The van der Waals surface area contributed by atoms with Gasteiger partial charge in [-0.1, -0.05) is 0 Å². The maximum absolute atomic E-state index is 12.6. The number of nitrogens with one attached hydrogen (secondary N) is 1. The van der Waals surface area contributed by atoms with Crippen molar-refractivity contribution >= 4 is 11.7 Å². The predicted octanol–water partition coefficient (Wildman–Crippen LogP) is -8.01. The molecule has 19 heteroatoms. The molecule has 0 spiro atoms. The quantitative estimate of drug-likeness (QED) is 0.0747. The highest BCUT2D eigenvalue weighted by Gasteiger charge is 2.52. The summed E-state index contributed by atoms with van der Waals surface area (Å²) in [5.41, 5.74) is 23.2. The van der Waals surface area contributed by atoms with Crippen molar-refractivity contribution in [2.24, 2.45) is 27.9 Å². The number of hydrogen-bond acceptors (Lipinski definition) is 17. The summed E-state index contributed by atoms with van der Waals surface area (Å²) >= 11 is 0. The minimum Gasteiger partial charge on any atom is -0.394 e. The largest absolute Gasteiger partial charge is 0.394 e. The lowest BCUT2D eigenvalue weighted by Gasteiger charge is -2.49. The summed E-state index contributed by atoms with van der Waals surface area (Å²) in [6.45, 7) is 0.631. The zero-order valence-corrected chi connectivity index (χ0v) is 23.6. The van der Waals surface area contributed by atoms with Crippen molar-refractivity contribution in [1.82, 2.24) is 5.32 Å². The van der Waals surface area contributed by atoms with Gasteiger partial charge in [-0.25, -0.2) is 0 Å².